The second-order valence-electron chi connectivity index (χ2n) is 4.54. The SMILES string of the molecule is C=CCOS(=O)(=O)[O-].C=CCOS(=O)(=O)[O-].C=CCc1ccccc1S(=O)(=O)O.[Na+].[Na+]. The van der Waals surface area contributed by atoms with Gasteiger partial charge in [-0.1, -0.05) is 36.4 Å². The molecule has 16 heteroatoms. The topological polar surface area (TPSA) is 187 Å². The molecule has 0 radical (unpaired) electrons. The minimum Gasteiger partial charge on any atom is -0.726 e. The van der Waals surface area contributed by atoms with Gasteiger partial charge in [-0.05, 0) is 18.1 Å². The number of hydrogen-bond donors (Lipinski definition) is 1. The van der Waals surface area contributed by atoms with Crippen molar-refractivity contribution in [1.29, 1.82) is 0 Å². The number of hydrogen-bond acceptors (Lipinski definition) is 10. The molecule has 1 rings (SSSR count). The van der Waals surface area contributed by atoms with Gasteiger partial charge in [0, 0.05) is 0 Å². The smallest absolute Gasteiger partial charge is 0.726 e. The fraction of sp³-hybridized carbons (Fsp3) is 0.200. The van der Waals surface area contributed by atoms with Crippen LogP contribution in [0.4, 0.5) is 0 Å². The van der Waals surface area contributed by atoms with Gasteiger partial charge in [-0.25, -0.2) is 16.8 Å². The zero-order chi connectivity index (χ0) is 23.1. The number of benzene rings is 1. The molecule has 0 aromatic heterocycles. The molecule has 0 aliphatic heterocycles. The summed E-state index contributed by atoms with van der Waals surface area (Å²) in [4.78, 5) is -0.0464. The first-order valence-corrected chi connectivity index (χ1v) is 11.4. The first-order valence-electron chi connectivity index (χ1n) is 7.26. The van der Waals surface area contributed by atoms with Crippen molar-refractivity contribution in [3.8, 4) is 0 Å². The quantitative estimate of drug-likeness (QED) is 0.143. The summed E-state index contributed by atoms with van der Waals surface area (Å²) in [5.74, 6) is 0. The Labute approximate surface area is 227 Å². The molecule has 11 nitrogen and oxygen atoms in total. The maximum atomic E-state index is 10.8. The van der Waals surface area contributed by atoms with Crippen molar-refractivity contribution in [3.63, 3.8) is 0 Å². The molecule has 0 saturated heterocycles. The van der Waals surface area contributed by atoms with Crippen molar-refractivity contribution in [2.24, 2.45) is 0 Å². The average Bonchev–Trinajstić information content (AvgIpc) is 2.58. The first-order chi connectivity index (χ1) is 13.2. The zero-order valence-electron chi connectivity index (χ0n) is 17.0. The fourth-order valence-corrected chi connectivity index (χ4v) is 2.60. The molecule has 166 valence electrons. The van der Waals surface area contributed by atoms with E-state index < -0.39 is 30.9 Å². The predicted molar refractivity (Wildman–Crippen MR) is 102 cm³/mol. The summed E-state index contributed by atoms with van der Waals surface area (Å²) < 4.78 is 95.3. The van der Waals surface area contributed by atoms with Crippen LogP contribution in [0.5, 0.6) is 0 Å². The number of rotatable bonds is 9. The molecule has 0 amide bonds. The van der Waals surface area contributed by atoms with Gasteiger partial charge >= 0.3 is 59.1 Å². The second kappa shape index (κ2) is 19.5. The van der Waals surface area contributed by atoms with Gasteiger partial charge in [-0.15, -0.1) is 19.7 Å². The number of allylic oxidation sites excluding steroid dienone is 1. The Hall–Kier alpha value is 0.0900. The van der Waals surface area contributed by atoms with Crippen LogP contribution in [0.15, 0.2) is 67.1 Å². The molecule has 1 N–H and O–H groups in total. The second-order valence-corrected chi connectivity index (χ2v) is 8.03. The molecule has 0 heterocycles. The summed E-state index contributed by atoms with van der Waals surface area (Å²) in [6, 6.07) is 6.29. The molecular weight excluding hydrogens is 498 g/mol. The van der Waals surface area contributed by atoms with Gasteiger partial charge in [0.2, 0.25) is 20.8 Å². The van der Waals surface area contributed by atoms with E-state index in [-0.39, 0.29) is 77.2 Å². The van der Waals surface area contributed by atoms with Gasteiger partial charge in [0.05, 0.1) is 18.1 Å². The Morgan fingerprint density at radius 3 is 1.45 bits per heavy atom. The van der Waals surface area contributed by atoms with Crippen molar-refractivity contribution in [2.75, 3.05) is 13.2 Å². The van der Waals surface area contributed by atoms with Crippen LogP contribution in [0.1, 0.15) is 5.56 Å². The van der Waals surface area contributed by atoms with Crippen LogP contribution in [0.3, 0.4) is 0 Å². The molecule has 1 aromatic carbocycles. The molecule has 0 spiro atoms. The van der Waals surface area contributed by atoms with E-state index in [0.29, 0.717) is 12.0 Å². The Morgan fingerprint density at radius 1 is 0.806 bits per heavy atom. The third kappa shape index (κ3) is 26.2. The van der Waals surface area contributed by atoms with Gasteiger partial charge in [-0.3, -0.25) is 12.9 Å². The van der Waals surface area contributed by atoms with Gasteiger partial charge < -0.3 is 9.11 Å². The van der Waals surface area contributed by atoms with Crippen LogP contribution in [-0.4, -0.2) is 52.1 Å². The largest absolute Gasteiger partial charge is 1.00 e. The molecule has 31 heavy (non-hydrogen) atoms. The van der Waals surface area contributed by atoms with Crippen LogP contribution in [0, 0.1) is 0 Å². The maximum absolute atomic E-state index is 10.8. The van der Waals surface area contributed by atoms with Crippen LogP contribution < -0.4 is 59.1 Å². The third-order valence-corrected chi connectivity index (χ3v) is 4.08. The van der Waals surface area contributed by atoms with Gasteiger partial charge in [0.25, 0.3) is 10.1 Å². The van der Waals surface area contributed by atoms with E-state index in [0.717, 1.165) is 0 Å². The average molecular weight is 518 g/mol. The summed E-state index contributed by atoms with van der Waals surface area (Å²) >= 11 is 0. The van der Waals surface area contributed by atoms with Gasteiger partial charge in [0.15, 0.2) is 0 Å². The predicted octanol–water partition coefficient (Wildman–Crippen LogP) is -5.03. The molecule has 0 unspecified atom stereocenters. The zero-order valence-corrected chi connectivity index (χ0v) is 23.5. The van der Waals surface area contributed by atoms with Crippen LogP contribution >= 0.6 is 0 Å². The standard InChI is InChI=1S/C9H10O3S.2C3H6O4S.2Na/c1-2-5-8-6-3-4-7-9(8)13(10,11)12;2*1-2-3-7-8(4,5)6;;/h2-4,6-7H,1,5H2,(H,10,11,12);2*2H,1,3H2,(H,4,5,6);;/q;;;2*+1/p-2. The van der Waals surface area contributed by atoms with Crippen LogP contribution in [-0.2, 0) is 45.7 Å². The molecule has 1 aromatic rings. The van der Waals surface area contributed by atoms with Gasteiger partial charge in [-0.2, -0.15) is 8.42 Å². The van der Waals surface area contributed by atoms with Gasteiger partial charge in [0.1, 0.15) is 0 Å². The molecule has 0 fully saturated rings. The Bertz CT molecular complexity index is 933. The minimum absolute atomic E-state index is 0. The van der Waals surface area contributed by atoms with Crippen molar-refractivity contribution in [2.45, 2.75) is 11.3 Å². The molecular formula is C15H20Na2O11S3. The molecule has 0 aliphatic carbocycles. The summed E-state index contributed by atoms with van der Waals surface area (Å²) in [5, 5.41) is 0. The summed E-state index contributed by atoms with van der Waals surface area (Å²) in [6.45, 7) is 9.26. The molecule has 0 saturated carbocycles. The fourth-order valence-electron chi connectivity index (χ4n) is 1.34. The van der Waals surface area contributed by atoms with Crippen molar-refractivity contribution in [3.05, 3.63) is 67.8 Å². The monoisotopic (exact) mass is 518 g/mol. The van der Waals surface area contributed by atoms with E-state index in [4.69, 9.17) is 4.55 Å². The Balaban J connectivity index is -0.000000180. The summed E-state index contributed by atoms with van der Waals surface area (Å²) in [5.41, 5.74) is 0.556. The van der Waals surface area contributed by atoms with Crippen LogP contribution in [0.2, 0.25) is 0 Å². The van der Waals surface area contributed by atoms with E-state index in [1.165, 1.54) is 18.2 Å². The Kier molecular flexibility index (Phi) is 24.2. The van der Waals surface area contributed by atoms with Crippen molar-refractivity contribution >= 4 is 30.9 Å². The van der Waals surface area contributed by atoms with E-state index in [9.17, 15) is 34.4 Å². The van der Waals surface area contributed by atoms with E-state index in [1.54, 1.807) is 24.3 Å². The van der Waals surface area contributed by atoms with E-state index >= 15 is 0 Å². The first kappa shape index (κ1) is 38.4. The van der Waals surface area contributed by atoms with Crippen LogP contribution in [0.25, 0.3) is 0 Å². The molecule has 0 atom stereocenters. The van der Waals surface area contributed by atoms with Crippen molar-refractivity contribution < 1.29 is 106 Å². The minimum atomic E-state index is -4.51. The summed E-state index contributed by atoms with van der Waals surface area (Å²) in [6.07, 6.45) is 4.37. The molecule has 0 aliphatic rings. The Morgan fingerprint density at radius 2 is 1.19 bits per heavy atom. The van der Waals surface area contributed by atoms with E-state index in [2.05, 4.69) is 28.1 Å². The van der Waals surface area contributed by atoms with Crippen molar-refractivity contribution in [1.82, 2.24) is 0 Å². The molecule has 0 bridgehead atoms. The van der Waals surface area contributed by atoms with E-state index in [1.807, 2.05) is 0 Å². The maximum Gasteiger partial charge on any atom is 1.00 e. The normalized spacial score (nSPS) is 10.4. The third-order valence-electron chi connectivity index (χ3n) is 2.28. The summed E-state index contributed by atoms with van der Waals surface area (Å²) in [7, 11) is -13.1.